The van der Waals surface area contributed by atoms with Crippen LogP contribution >= 0.6 is 24.0 Å². The van der Waals surface area contributed by atoms with Crippen molar-refractivity contribution >= 4 is 41.8 Å². The lowest BCUT2D eigenvalue weighted by Crippen LogP contribution is -2.45. The van der Waals surface area contributed by atoms with Gasteiger partial charge in [0.1, 0.15) is 5.82 Å². The molecular formula is C22H24FIN4O2. The first-order chi connectivity index (χ1) is 14.0. The van der Waals surface area contributed by atoms with E-state index in [4.69, 9.17) is 0 Å². The number of benzene rings is 2. The van der Waals surface area contributed by atoms with Gasteiger partial charge in [0.25, 0.3) is 11.8 Å². The zero-order valence-corrected chi connectivity index (χ0v) is 19.0. The molecule has 30 heavy (non-hydrogen) atoms. The Hall–Kier alpha value is -2.49. The van der Waals surface area contributed by atoms with Crippen molar-refractivity contribution in [2.45, 2.75) is 18.3 Å². The molecule has 1 fully saturated rings. The molecule has 1 heterocycles. The molecule has 2 N–H and O–H groups in total. The average Bonchev–Trinajstić information content (AvgIpc) is 3.49. The summed E-state index contributed by atoms with van der Waals surface area (Å²) in [7, 11) is 1.67. The van der Waals surface area contributed by atoms with E-state index in [1.54, 1.807) is 43.4 Å². The number of amides is 2. The minimum atomic E-state index is -0.265. The molecule has 8 heteroatoms. The Kier molecular flexibility index (Phi) is 6.74. The summed E-state index contributed by atoms with van der Waals surface area (Å²) in [5, 5.41) is 6.43. The molecule has 1 aliphatic carbocycles. The zero-order valence-electron chi connectivity index (χ0n) is 16.7. The highest BCUT2D eigenvalue weighted by Gasteiger charge is 2.44. The van der Waals surface area contributed by atoms with Gasteiger partial charge in [-0.25, -0.2) is 4.39 Å². The van der Waals surface area contributed by atoms with Gasteiger partial charge >= 0.3 is 0 Å². The summed E-state index contributed by atoms with van der Waals surface area (Å²) in [6, 6.07) is 13.6. The number of nitrogens with one attached hydrogen (secondary N) is 2. The second kappa shape index (κ2) is 9.11. The van der Waals surface area contributed by atoms with E-state index in [2.05, 4.69) is 15.6 Å². The molecule has 0 spiro atoms. The summed E-state index contributed by atoms with van der Waals surface area (Å²) in [5.74, 6) is -0.168. The predicted octanol–water partition coefficient (Wildman–Crippen LogP) is 2.94. The first-order valence-corrected chi connectivity index (χ1v) is 9.70. The van der Waals surface area contributed by atoms with Gasteiger partial charge in [-0.2, -0.15) is 0 Å². The van der Waals surface area contributed by atoms with E-state index in [1.165, 1.54) is 11.0 Å². The van der Waals surface area contributed by atoms with Gasteiger partial charge in [0.2, 0.25) is 0 Å². The van der Waals surface area contributed by atoms with Gasteiger partial charge in [-0.15, -0.1) is 24.0 Å². The average molecular weight is 522 g/mol. The largest absolute Gasteiger partial charge is 0.356 e. The molecule has 4 rings (SSSR count). The number of aliphatic imine (C=N–C) groups is 1. The number of guanidine groups is 1. The normalized spacial score (nSPS) is 16.7. The SMILES string of the molecule is CN=C(NCCN1C(=O)c2ccccc2C1=O)NCC1(c2cccc(F)c2)CC1.I. The highest BCUT2D eigenvalue weighted by Crippen LogP contribution is 2.47. The second-order valence-corrected chi connectivity index (χ2v) is 7.45. The Balaban J connectivity index is 0.00000256. The van der Waals surface area contributed by atoms with Crippen molar-refractivity contribution in [3.05, 3.63) is 71.0 Å². The van der Waals surface area contributed by atoms with E-state index in [1.807, 2.05) is 6.07 Å². The van der Waals surface area contributed by atoms with E-state index >= 15 is 0 Å². The maximum Gasteiger partial charge on any atom is 0.261 e. The van der Waals surface area contributed by atoms with E-state index in [9.17, 15) is 14.0 Å². The third-order valence-electron chi connectivity index (χ3n) is 5.61. The second-order valence-electron chi connectivity index (χ2n) is 7.45. The molecule has 2 aromatic carbocycles. The number of fused-ring (bicyclic) bond motifs is 1. The lowest BCUT2D eigenvalue weighted by atomic mass is 9.96. The van der Waals surface area contributed by atoms with Gasteiger partial charge < -0.3 is 10.6 Å². The molecule has 0 unspecified atom stereocenters. The van der Waals surface area contributed by atoms with Crippen LogP contribution in [-0.2, 0) is 5.41 Å². The van der Waals surface area contributed by atoms with E-state index in [0.29, 0.717) is 30.2 Å². The molecule has 1 aliphatic heterocycles. The monoisotopic (exact) mass is 522 g/mol. The minimum Gasteiger partial charge on any atom is -0.356 e. The van der Waals surface area contributed by atoms with Gasteiger partial charge in [-0.1, -0.05) is 24.3 Å². The third kappa shape index (κ3) is 4.33. The van der Waals surface area contributed by atoms with E-state index in [0.717, 1.165) is 18.4 Å². The van der Waals surface area contributed by atoms with Crippen molar-refractivity contribution in [2.24, 2.45) is 4.99 Å². The number of hydrogen-bond acceptors (Lipinski definition) is 3. The Morgan fingerprint density at radius 2 is 1.73 bits per heavy atom. The Bertz CT molecular complexity index is 956. The summed E-state index contributed by atoms with van der Waals surface area (Å²) >= 11 is 0. The number of halogens is 2. The van der Waals surface area contributed by atoms with Crippen LogP contribution in [0.15, 0.2) is 53.5 Å². The molecule has 158 valence electrons. The first-order valence-electron chi connectivity index (χ1n) is 9.70. The molecule has 2 aromatic rings. The van der Waals surface area contributed by atoms with Crippen LogP contribution in [0.1, 0.15) is 39.1 Å². The molecule has 0 radical (unpaired) electrons. The molecule has 2 aliphatic rings. The van der Waals surface area contributed by atoms with Gasteiger partial charge in [-0.05, 0) is 42.7 Å². The third-order valence-corrected chi connectivity index (χ3v) is 5.61. The Morgan fingerprint density at radius 1 is 1.07 bits per heavy atom. The van der Waals surface area contributed by atoms with Crippen molar-refractivity contribution in [2.75, 3.05) is 26.7 Å². The van der Waals surface area contributed by atoms with Crippen LogP contribution < -0.4 is 10.6 Å². The zero-order chi connectivity index (χ0) is 20.4. The number of rotatable bonds is 6. The fraction of sp³-hybridized carbons (Fsp3) is 0.318. The highest BCUT2D eigenvalue weighted by molar-refractivity contribution is 14.0. The fourth-order valence-electron chi connectivity index (χ4n) is 3.74. The molecular weight excluding hydrogens is 498 g/mol. The molecule has 0 bridgehead atoms. The van der Waals surface area contributed by atoms with Crippen LogP contribution in [0, 0.1) is 5.82 Å². The van der Waals surface area contributed by atoms with Crippen molar-refractivity contribution in [3.63, 3.8) is 0 Å². The van der Waals surface area contributed by atoms with Crippen molar-refractivity contribution in [3.8, 4) is 0 Å². The van der Waals surface area contributed by atoms with Gasteiger partial charge in [0.05, 0.1) is 11.1 Å². The van der Waals surface area contributed by atoms with Crippen molar-refractivity contribution in [1.82, 2.24) is 15.5 Å². The van der Waals surface area contributed by atoms with Crippen LogP contribution in [0.2, 0.25) is 0 Å². The number of imide groups is 1. The Labute approximate surface area is 192 Å². The van der Waals surface area contributed by atoms with Gasteiger partial charge in [0, 0.05) is 32.1 Å². The fourth-order valence-corrected chi connectivity index (χ4v) is 3.74. The van der Waals surface area contributed by atoms with E-state index in [-0.39, 0.29) is 53.6 Å². The van der Waals surface area contributed by atoms with Crippen LogP contribution in [0.4, 0.5) is 4.39 Å². The van der Waals surface area contributed by atoms with Crippen LogP contribution in [0.5, 0.6) is 0 Å². The summed E-state index contributed by atoms with van der Waals surface area (Å²) in [4.78, 5) is 30.3. The molecule has 0 aromatic heterocycles. The molecule has 2 amide bonds. The highest BCUT2D eigenvalue weighted by atomic mass is 127. The summed E-state index contributed by atoms with van der Waals surface area (Å²) in [5.41, 5.74) is 1.82. The smallest absolute Gasteiger partial charge is 0.261 e. The number of hydrogen-bond donors (Lipinski definition) is 2. The molecule has 1 saturated carbocycles. The molecule has 6 nitrogen and oxygen atoms in total. The first kappa shape index (κ1) is 22.2. The van der Waals surface area contributed by atoms with Gasteiger partial charge in [0.15, 0.2) is 5.96 Å². The topological polar surface area (TPSA) is 73.8 Å². The van der Waals surface area contributed by atoms with Crippen molar-refractivity contribution in [1.29, 1.82) is 0 Å². The summed E-state index contributed by atoms with van der Waals surface area (Å²) in [6.45, 7) is 1.28. The predicted molar refractivity (Wildman–Crippen MR) is 124 cm³/mol. The van der Waals surface area contributed by atoms with Crippen molar-refractivity contribution < 1.29 is 14.0 Å². The number of carbonyl (C=O) groups excluding carboxylic acids is 2. The van der Waals surface area contributed by atoms with Crippen LogP contribution in [0.3, 0.4) is 0 Å². The van der Waals surface area contributed by atoms with Crippen LogP contribution in [-0.4, -0.2) is 49.4 Å². The van der Waals surface area contributed by atoms with E-state index < -0.39 is 0 Å². The number of carbonyl (C=O) groups is 2. The van der Waals surface area contributed by atoms with Crippen LogP contribution in [0.25, 0.3) is 0 Å². The summed E-state index contributed by atoms with van der Waals surface area (Å²) in [6.07, 6.45) is 1.99. The maximum atomic E-state index is 13.6. The minimum absolute atomic E-state index is 0. The van der Waals surface area contributed by atoms with Gasteiger partial charge in [-0.3, -0.25) is 19.5 Å². The number of nitrogens with zero attached hydrogens (tertiary/aromatic N) is 2. The summed E-state index contributed by atoms with van der Waals surface area (Å²) < 4.78 is 13.6. The Morgan fingerprint density at radius 3 is 2.30 bits per heavy atom. The lowest BCUT2D eigenvalue weighted by Gasteiger charge is -2.20. The molecule has 0 saturated heterocycles. The molecule has 0 atom stereocenters. The standard InChI is InChI=1S/C22H23FN4O2.HI/c1-24-21(26-14-22(9-10-22)15-5-4-6-16(23)13-15)25-11-12-27-19(28)17-7-2-3-8-18(17)20(27)29;/h2-8,13H,9-12,14H2,1H3,(H2,24,25,26);1H. The maximum absolute atomic E-state index is 13.6. The quantitative estimate of drug-likeness (QED) is 0.265. The lowest BCUT2D eigenvalue weighted by molar-refractivity contribution is 0.0657.